The average Bonchev–Trinajstić information content (AvgIpc) is 3.58. The Morgan fingerprint density at radius 3 is 2.74 bits per heavy atom. The minimum Gasteiger partial charge on any atom is -0.491 e. The smallest absolute Gasteiger partial charge is 0.244 e. The monoisotopic (exact) mass is 579 g/mol. The third-order valence-electron chi connectivity index (χ3n) is 7.31. The van der Waals surface area contributed by atoms with Crippen LogP contribution in [0.15, 0.2) is 64.8 Å². The fourth-order valence-electron chi connectivity index (χ4n) is 5.06. The lowest BCUT2D eigenvalue weighted by Gasteiger charge is -2.38. The number of hydrogen-bond donors (Lipinski definition) is 3. The molecule has 2 aliphatic rings. The molecule has 39 heavy (non-hydrogen) atoms. The van der Waals surface area contributed by atoms with Gasteiger partial charge in [-0.2, -0.15) is 4.31 Å². The van der Waals surface area contributed by atoms with Crippen molar-refractivity contribution in [1.29, 1.82) is 0 Å². The maximum absolute atomic E-state index is 13.2. The molecule has 14 heteroatoms. The molecule has 1 spiro atoms. The number of benzene rings is 1. The van der Waals surface area contributed by atoms with Gasteiger partial charge < -0.3 is 24.3 Å². The largest absolute Gasteiger partial charge is 0.491 e. The van der Waals surface area contributed by atoms with Crippen LogP contribution in [0.1, 0.15) is 19.3 Å². The topological polar surface area (TPSA) is 152 Å². The van der Waals surface area contributed by atoms with Gasteiger partial charge in [0.2, 0.25) is 20.0 Å². The van der Waals surface area contributed by atoms with Crippen LogP contribution >= 0.6 is 0 Å². The summed E-state index contributed by atoms with van der Waals surface area (Å²) in [7, 11) is -5.87. The van der Waals surface area contributed by atoms with Crippen molar-refractivity contribution in [2.75, 3.05) is 39.9 Å². The maximum atomic E-state index is 13.2. The molecular weight excluding hydrogens is 546 g/mol. The number of piperidine rings is 1. The first-order valence-corrected chi connectivity index (χ1v) is 15.7. The number of aliphatic hydroxyl groups is 1. The molecule has 3 N–H and O–H groups in total. The molecule has 0 saturated carbocycles. The van der Waals surface area contributed by atoms with E-state index in [4.69, 9.17) is 9.47 Å². The molecule has 2 fully saturated rings. The van der Waals surface area contributed by atoms with Gasteiger partial charge in [0, 0.05) is 50.3 Å². The van der Waals surface area contributed by atoms with Gasteiger partial charge in [-0.1, -0.05) is 6.07 Å². The van der Waals surface area contributed by atoms with Crippen LogP contribution in [0.4, 0.5) is 0 Å². The van der Waals surface area contributed by atoms with E-state index in [1.165, 1.54) is 23.5 Å². The molecule has 2 aromatic heterocycles. The molecule has 2 saturated heterocycles. The van der Waals surface area contributed by atoms with E-state index in [1.54, 1.807) is 47.3 Å². The van der Waals surface area contributed by atoms with Crippen LogP contribution in [0.25, 0.3) is 5.65 Å². The predicted molar refractivity (Wildman–Crippen MR) is 142 cm³/mol. The molecule has 0 aliphatic carbocycles. The lowest BCUT2D eigenvalue weighted by Crippen LogP contribution is -2.47. The first-order chi connectivity index (χ1) is 18.6. The van der Waals surface area contributed by atoms with Crippen LogP contribution in [-0.2, 0) is 24.8 Å². The fourth-order valence-corrected chi connectivity index (χ4v) is 7.28. The quantitative estimate of drug-likeness (QED) is 0.313. The third kappa shape index (κ3) is 6.11. The summed E-state index contributed by atoms with van der Waals surface area (Å²) in [5.74, 6) is 0.347. The molecule has 0 radical (unpaired) electrons. The molecule has 1 aromatic carbocycles. The van der Waals surface area contributed by atoms with Gasteiger partial charge >= 0.3 is 0 Å². The second kappa shape index (κ2) is 11.1. The van der Waals surface area contributed by atoms with Crippen molar-refractivity contribution in [2.24, 2.45) is 0 Å². The standard InChI is InChI=1S/C25H33N5O7S2/c1-26-38(32,33)22-4-2-3-21(13-22)36-18-20(31)15-28-19-14-25(37-17-19)7-10-30(11-8-25)39(34,35)23-5-6-24-27-9-12-29(24)16-23/h2-6,9,12-13,16,19-20,26,28,31H,7-8,10-11,14-15,17-18H2,1H3/t19?,20-/m0/s1. The van der Waals surface area contributed by atoms with Gasteiger partial charge in [0.1, 0.15) is 24.1 Å². The number of fused-ring (bicyclic) bond motifs is 1. The van der Waals surface area contributed by atoms with Gasteiger partial charge in [-0.25, -0.2) is 26.5 Å². The number of rotatable bonds is 10. The zero-order valence-electron chi connectivity index (χ0n) is 21.6. The van der Waals surface area contributed by atoms with Crippen molar-refractivity contribution < 1.29 is 31.4 Å². The number of aliphatic hydroxyl groups excluding tert-OH is 1. The first-order valence-electron chi connectivity index (χ1n) is 12.7. The molecule has 3 aromatic rings. The average molecular weight is 580 g/mol. The van der Waals surface area contributed by atoms with E-state index < -0.39 is 31.8 Å². The van der Waals surface area contributed by atoms with Crippen LogP contribution in [0, 0.1) is 0 Å². The van der Waals surface area contributed by atoms with Crippen LogP contribution < -0.4 is 14.8 Å². The van der Waals surface area contributed by atoms with Gasteiger partial charge in [0.15, 0.2) is 0 Å². The van der Waals surface area contributed by atoms with Crippen molar-refractivity contribution in [3.63, 3.8) is 0 Å². The molecule has 4 heterocycles. The molecule has 0 bridgehead atoms. The fraction of sp³-hybridized carbons (Fsp3) is 0.480. The summed E-state index contributed by atoms with van der Waals surface area (Å²) >= 11 is 0. The van der Waals surface area contributed by atoms with Crippen LogP contribution in [0.2, 0.25) is 0 Å². The highest BCUT2D eigenvalue weighted by molar-refractivity contribution is 7.89. The van der Waals surface area contributed by atoms with Crippen molar-refractivity contribution >= 4 is 25.7 Å². The Morgan fingerprint density at radius 2 is 1.97 bits per heavy atom. The maximum Gasteiger partial charge on any atom is 0.244 e. The molecule has 2 aliphatic heterocycles. The highest BCUT2D eigenvalue weighted by atomic mass is 32.2. The summed E-state index contributed by atoms with van der Waals surface area (Å²) in [6, 6.07) is 9.38. The van der Waals surface area contributed by atoms with Crippen molar-refractivity contribution in [3.05, 3.63) is 55.0 Å². The number of nitrogens with one attached hydrogen (secondary N) is 2. The highest BCUT2D eigenvalue weighted by Crippen LogP contribution is 2.37. The van der Waals surface area contributed by atoms with Crippen molar-refractivity contribution in [2.45, 2.75) is 46.8 Å². The van der Waals surface area contributed by atoms with Crippen LogP contribution in [0.5, 0.6) is 5.75 Å². The van der Waals surface area contributed by atoms with Crippen molar-refractivity contribution in [1.82, 2.24) is 23.7 Å². The Balaban J connectivity index is 1.08. The molecule has 5 rings (SSSR count). The van der Waals surface area contributed by atoms with E-state index in [0.717, 1.165) is 6.42 Å². The van der Waals surface area contributed by atoms with Gasteiger partial charge in [0.05, 0.1) is 22.0 Å². The molecule has 1 unspecified atom stereocenters. The molecule has 0 amide bonds. The molecular formula is C25H33N5O7S2. The number of ether oxygens (including phenoxy) is 2. The summed E-state index contributed by atoms with van der Waals surface area (Å²) < 4.78 is 67.6. The third-order valence-corrected chi connectivity index (χ3v) is 10.6. The summed E-state index contributed by atoms with van der Waals surface area (Å²) in [4.78, 5) is 4.48. The van der Waals surface area contributed by atoms with E-state index >= 15 is 0 Å². The highest BCUT2D eigenvalue weighted by Gasteiger charge is 2.44. The predicted octanol–water partition coefficient (Wildman–Crippen LogP) is 0.584. The SMILES string of the molecule is CNS(=O)(=O)c1cccc(OC[C@@H](O)CNC2COC3(CCN(S(=O)(=O)c4ccc5nccn5c4)CC3)C2)c1. The minimum absolute atomic E-state index is 0.00748. The Morgan fingerprint density at radius 1 is 1.18 bits per heavy atom. The second-order valence-electron chi connectivity index (χ2n) is 9.91. The Labute approximate surface area is 228 Å². The molecule has 2 atom stereocenters. The van der Waals surface area contributed by atoms with E-state index in [2.05, 4.69) is 15.0 Å². The summed E-state index contributed by atoms with van der Waals surface area (Å²) in [5.41, 5.74) is 0.300. The first kappa shape index (κ1) is 28.0. The number of sulfonamides is 2. The van der Waals surface area contributed by atoms with Gasteiger partial charge in [-0.3, -0.25) is 0 Å². The van der Waals surface area contributed by atoms with Gasteiger partial charge in [-0.15, -0.1) is 0 Å². The van der Waals surface area contributed by atoms with Gasteiger partial charge in [0.25, 0.3) is 0 Å². The Kier molecular flexibility index (Phi) is 7.97. The number of imidazole rings is 1. The number of pyridine rings is 1. The minimum atomic E-state index is -3.62. The second-order valence-corrected chi connectivity index (χ2v) is 13.7. The Hall–Kier alpha value is -2.59. The summed E-state index contributed by atoms with van der Waals surface area (Å²) in [5, 5.41) is 13.7. The normalized spacial score (nSPS) is 20.9. The van der Waals surface area contributed by atoms with E-state index in [-0.39, 0.29) is 29.0 Å². The number of nitrogens with zero attached hydrogens (tertiary/aromatic N) is 3. The number of aromatic nitrogens is 2. The summed E-state index contributed by atoms with van der Waals surface area (Å²) in [6.07, 6.45) is 6.03. The zero-order valence-corrected chi connectivity index (χ0v) is 23.2. The lowest BCUT2D eigenvalue weighted by atomic mass is 9.88. The summed E-state index contributed by atoms with van der Waals surface area (Å²) in [6.45, 7) is 1.48. The van der Waals surface area contributed by atoms with E-state index in [1.807, 2.05) is 0 Å². The van der Waals surface area contributed by atoms with E-state index in [0.29, 0.717) is 43.9 Å². The zero-order chi connectivity index (χ0) is 27.7. The lowest BCUT2D eigenvalue weighted by molar-refractivity contribution is -0.0312. The molecule has 212 valence electrons. The molecule has 12 nitrogen and oxygen atoms in total. The van der Waals surface area contributed by atoms with Crippen molar-refractivity contribution in [3.8, 4) is 5.75 Å². The van der Waals surface area contributed by atoms with Crippen LogP contribution in [0.3, 0.4) is 0 Å². The van der Waals surface area contributed by atoms with Crippen LogP contribution in [-0.4, -0.2) is 93.3 Å². The van der Waals surface area contributed by atoms with E-state index in [9.17, 15) is 21.9 Å². The Bertz CT molecular complexity index is 1520. The number of hydrogen-bond acceptors (Lipinski definition) is 9. The van der Waals surface area contributed by atoms with Gasteiger partial charge in [-0.05, 0) is 50.6 Å².